The number of hydrogen-bond acceptors (Lipinski definition) is 3. The Labute approximate surface area is 166 Å². The summed E-state index contributed by atoms with van der Waals surface area (Å²) in [5.74, 6) is 0.205. The van der Waals surface area contributed by atoms with Crippen LogP contribution in [0.2, 0.25) is 0 Å². The van der Waals surface area contributed by atoms with Crippen LogP contribution < -0.4 is 0 Å². The lowest BCUT2D eigenvalue weighted by atomic mass is 9.96. The number of urea groups is 1. The molecule has 1 fully saturated rings. The molecule has 1 atom stereocenters. The van der Waals surface area contributed by atoms with Crippen LogP contribution in [0, 0.1) is 0 Å². The summed E-state index contributed by atoms with van der Waals surface area (Å²) in [5, 5.41) is 0. The number of ether oxygens (including phenoxy) is 1. The molecule has 1 saturated heterocycles. The molecule has 1 aromatic heterocycles. The predicted octanol–water partition coefficient (Wildman–Crippen LogP) is 4.93. The van der Waals surface area contributed by atoms with Gasteiger partial charge < -0.3 is 9.64 Å². The molecule has 0 bridgehead atoms. The quantitative estimate of drug-likeness (QED) is 0.703. The third kappa shape index (κ3) is 4.06. The van der Waals surface area contributed by atoms with E-state index in [-0.39, 0.29) is 18.1 Å². The maximum atomic E-state index is 13.3. The number of aromatic nitrogens is 1. The second-order valence-corrected chi connectivity index (χ2v) is 7.12. The van der Waals surface area contributed by atoms with Gasteiger partial charge in [-0.25, -0.2) is 4.79 Å². The number of likely N-dealkylation sites (tertiary alicyclic amines) is 1. The van der Waals surface area contributed by atoms with Gasteiger partial charge in [0.2, 0.25) is 0 Å². The van der Waals surface area contributed by atoms with Crippen LogP contribution in [-0.2, 0) is 10.9 Å². The zero-order valence-corrected chi connectivity index (χ0v) is 15.6. The van der Waals surface area contributed by atoms with Crippen LogP contribution in [0.1, 0.15) is 36.4 Å². The number of carbonyl (C=O) groups excluding carboxylic acids is 1. The first-order valence-corrected chi connectivity index (χ1v) is 9.44. The Morgan fingerprint density at radius 2 is 2.17 bits per heavy atom. The van der Waals surface area contributed by atoms with Crippen molar-refractivity contribution in [1.29, 1.82) is 0 Å². The van der Waals surface area contributed by atoms with E-state index in [1.807, 2.05) is 12.2 Å². The van der Waals surface area contributed by atoms with Crippen molar-refractivity contribution in [3.05, 3.63) is 77.8 Å². The van der Waals surface area contributed by atoms with E-state index in [1.54, 1.807) is 11.1 Å². The SMILES string of the molecule is O=C(N1C=COC(C2=CC=CCC2)=C1)N1CCC(c2cccnc2C(F)(F)F)C1. The third-order valence-corrected chi connectivity index (χ3v) is 5.23. The average molecular weight is 403 g/mol. The lowest BCUT2D eigenvalue weighted by Crippen LogP contribution is -2.37. The summed E-state index contributed by atoms with van der Waals surface area (Å²) in [7, 11) is 0. The molecule has 1 unspecified atom stereocenters. The summed E-state index contributed by atoms with van der Waals surface area (Å²) in [5.41, 5.74) is 0.271. The molecule has 2 amide bonds. The Morgan fingerprint density at radius 3 is 2.93 bits per heavy atom. The molecule has 3 aliphatic rings. The molecule has 8 heteroatoms. The molecule has 152 valence electrons. The van der Waals surface area contributed by atoms with Crippen molar-refractivity contribution in [3.8, 4) is 0 Å². The van der Waals surface area contributed by atoms with Gasteiger partial charge in [0.15, 0.2) is 0 Å². The van der Waals surface area contributed by atoms with E-state index in [0.717, 1.165) is 24.6 Å². The van der Waals surface area contributed by atoms with E-state index in [0.29, 0.717) is 18.7 Å². The molecule has 1 aliphatic carbocycles. The average Bonchev–Trinajstić information content (AvgIpc) is 3.23. The molecule has 0 radical (unpaired) electrons. The van der Waals surface area contributed by atoms with Gasteiger partial charge in [0.05, 0.1) is 6.20 Å². The monoisotopic (exact) mass is 403 g/mol. The number of allylic oxidation sites excluding steroid dienone is 4. The fourth-order valence-corrected chi connectivity index (χ4v) is 3.79. The molecule has 0 aromatic carbocycles. The van der Waals surface area contributed by atoms with Gasteiger partial charge in [0, 0.05) is 31.4 Å². The van der Waals surface area contributed by atoms with Crippen molar-refractivity contribution in [2.75, 3.05) is 13.1 Å². The Kier molecular flexibility index (Phi) is 5.17. The molecule has 2 aliphatic heterocycles. The summed E-state index contributed by atoms with van der Waals surface area (Å²) >= 11 is 0. The first-order valence-electron chi connectivity index (χ1n) is 9.44. The van der Waals surface area contributed by atoms with Crippen LogP contribution in [0.15, 0.2) is 66.6 Å². The number of nitrogens with zero attached hydrogens (tertiary/aromatic N) is 3. The topological polar surface area (TPSA) is 45.7 Å². The van der Waals surface area contributed by atoms with Crippen molar-refractivity contribution < 1.29 is 22.7 Å². The van der Waals surface area contributed by atoms with Gasteiger partial charge in [-0.1, -0.05) is 24.3 Å². The van der Waals surface area contributed by atoms with Gasteiger partial charge >= 0.3 is 12.2 Å². The smallest absolute Gasteiger partial charge is 0.433 e. The zero-order chi connectivity index (χ0) is 20.4. The Hall–Kier alpha value is -3.03. The summed E-state index contributed by atoms with van der Waals surface area (Å²) < 4.78 is 45.4. The number of halogens is 3. The number of pyridine rings is 1. The van der Waals surface area contributed by atoms with Crippen molar-refractivity contribution in [2.24, 2.45) is 0 Å². The van der Waals surface area contributed by atoms with Crippen LogP contribution in [0.4, 0.5) is 18.0 Å². The van der Waals surface area contributed by atoms with E-state index in [9.17, 15) is 18.0 Å². The molecule has 5 nitrogen and oxygen atoms in total. The number of rotatable bonds is 2. The van der Waals surface area contributed by atoms with Gasteiger partial charge in [0.1, 0.15) is 17.7 Å². The van der Waals surface area contributed by atoms with Crippen LogP contribution in [0.5, 0.6) is 0 Å². The van der Waals surface area contributed by atoms with Crippen LogP contribution in [-0.4, -0.2) is 33.9 Å². The van der Waals surface area contributed by atoms with E-state index in [4.69, 9.17) is 4.74 Å². The van der Waals surface area contributed by atoms with Gasteiger partial charge in [0.25, 0.3) is 0 Å². The summed E-state index contributed by atoms with van der Waals surface area (Å²) in [4.78, 5) is 19.4. The highest BCUT2D eigenvalue weighted by molar-refractivity contribution is 5.77. The Bertz CT molecular complexity index is 918. The summed E-state index contributed by atoms with van der Waals surface area (Å²) in [6.07, 6.45) is 9.37. The number of amides is 2. The second-order valence-electron chi connectivity index (χ2n) is 7.12. The van der Waals surface area contributed by atoms with Gasteiger partial charge in [-0.2, -0.15) is 13.2 Å². The zero-order valence-electron chi connectivity index (χ0n) is 15.6. The minimum atomic E-state index is -4.51. The van der Waals surface area contributed by atoms with E-state index in [2.05, 4.69) is 11.1 Å². The molecule has 0 N–H and O–H groups in total. The van der Waals surface area contributed by atoms with Crippen LogP contribution in [0.25, 0.3) is 0 Å². The van der Waals surface area contributed by atoms with E-state index < -0.39 is 17.8 Å². The third-order valence-electron chi connectivity index (χ3n) is 5.23. The largest absolute Gasteiger partial charge is 0.462 e. The minimum absolute atomic E-state index is 0.142. The first kappa shape index (κ1) is 19.3. The molecule has 1 aromatic rings. The summed E-state index contributed by atoms with van der Waals surface area (Å²) in [6, 6.07) is 2.67. The fourth-order valence-electron chi connectivity index (χ4n) is 3.79. The highest BCUT2D eigenvalue weighted by Gasteiger charge is 2.39. The molecular formula is C21H20F3N3O2. The normalized spacial score (nSPS) is 21.7. The summed E-state index contributed by atoms with van der Waals surface area (Å²) in [6.45, 7) is 0.600. The highest BCUT2D eigenvalue weighted by Crippen LogP contribution is 2.37. The maximum Gasteiger partial charge on any atom is 0.433 e. The maximum absolute atomic E-state index is 13.3. The van der Waals surface area contributed by atoms with E-state index >= 15 is 0 Å². The van der Waals surface area contributed by atoms with Crippen molar-refractivity contribution >= 4 is 6.03 Å². The molecule has 3 heterocycles. The second kappa shape index (κ2) is 7.77. The molecular weight excluding hydrogens is 383 g/mol. The molecule has 0 saturated carbocycles. The first-order chi connectivity index (χ1) is 13.9. The van der Waals surface area contributed by atoms with Crippen LogP contribution >= 0.6 is 0 Å². The Balaban J connectivity index is 1.48. The standard InChI is InChI=1S/C21H20F3N3O2/c22-21(23,24)19-17(7-4-9-25-19)16-8-10-26(13-16)20(28)27-11-12-29-18(14-27)15-5-2-1-3-6-15/h1-2,4-5,7,9,11-12,14,16H,3,6,8,10,13H2. The predicted molar refractivity (Wildman–Crippen MR) is 100 cm³/mol. The lowest BCUT2D eigenvalue weighted by molar-refractivity contribution is -0.142. The van der Waals surface area contributed by atoms with Gasteiger partial charge in [-0.05, 0) is 36.5 Å². The molecule has 29 heavy (non-hydrogen) atoms. The Morgan fingerprint density at radius 1 is 1.31 bits per heavy atom. The van der Waals surface area contributed by atoms with Crippen molar-refractivity contribution in [1.82, 2.24) is 14.8 Å². The van der Waals surface area contributed by atoms with E-state index in [1.165, 1.54) is 29.5 Å². The number of hydrogen-bond donors (Lipinski definition) is 0. The highest BCUT2D eigenvalue weighted by atomic mass is 19.4. The van der Waals surface area contributed by atoms with Crippen molar-refractivity contribution in [2.45, 2.75) is 31.4 Å². The number of carbonyl (C=O) groups is 1. The molecule has 4 rings (SSSR count). The minimum Gasteiger partial charge on any atom is -0.462 e. The molecule has 0 spiro atoms. The van der Waals surface area contributed by atoms with Gasteiger partial charge in [-0.3, -0.25) is 9.88 Å². The van der Waals surface area contributed by atoms with Crippen molar-refractivity contribution in [3.63, 3.8) is 0 Å². The number of alkyl halides is 3. The fraction of sp³-hybridized carbons (Fsp3) is 0.333. The van der Waals surface area contributed by atoms with Crippen LogP contribution in [0.3, 0.4) is 0 Å². The van der Waals surface area contributed by atoms with Gasteiger partial charge in [-0.15, -0.1) is 0 Å². The lowest BCUT2D eigenvalue weighted by Gasteiger charge is -2.26.